The summed E-state index contributed by atoms with van der Waals surface area (Å²) in [5.74, 6) is 1.57. The fraction of sp³-hybridized carbons (Fsp3) is 0.667. The normalized spacial score (nSPS) is 15.8. The molecule has 26 heavy (non-hydrogen) atoms. The molecule has 0 aromatic heterocycles. The predicted octanol–water partition coefficient (Wildman–Crippen LogP) is 2.93. The van der Waals surface area contributed by atoms with Gasteiger partial charge < -0.3 is 20.1 Å². The van der Waals surface area contributed by atoms with Crippen molar-refractivity contribution >= 4 is 5.96 Å². The maximum Gasteiger partial charge on any atom is 0.191 e. The number of hydrogen-bond acceptors (Lipinski definition) is 3. The van der Waals surface area contributed by atoms with Crippen LogP contribution in [0.4, 0.5) is 0 Å². The van der Waals surface area contributed by atoms with E-state index in [0.717, 1.165) is 77.7 Å². The van der Waals surface area contributed by atoms with Crippen LogP contribution < -0.4 is 10.6 Å². The van der Waals surface area contributed by atoms with Crippen LogP contribution in [0.2, 0.25) is 0 Å². The van der Waals surface area contributed by atoms with E-state index in [4.69, 9.17) is 9.47 Å². The molecule has 0 aliphatic carbocycles. The highest BCUT2D eigenvalue weighted by Crippen LogP contribution is 2.14. The van der Waals surface area contributed by atoms with Gasteiger partial charge >= 0.3 is 0 Å². The summed E-state index contributed by atoms with van der Waals surface area (Å²) in [6.07, 6.45) is 4.22. The second kappa shape index (κ2) is 12.7. The van der Waals surface area contributed by atoms with Crippen LogP contribution in [0.15, 0.2) is 29.3 Å². The predicted molar refractivity (Wildman–Crippen MR) is 108 cm³/mol. The van der Waals surface area contributed by atoms with Gasteiger partial charge in [0.1, 0.15) is 0 Å². The summed E-state index contributed by atoms with van der Waals surface area (Å²) in [6, 6.07) is 8.66. The molecular weight excluding hydrogens is 326 g/mol. The van der Waals surface area contributed by atoms with Crippen LogP contribution >= 0.6 is 0 Å². The minimum Gasteiger partial charge on any atom is -0.381 e. The average Bonchev–Trinajstić information content (AvgIpc) is 2.65. The summed E-state index contributed by atoms with van der Waals surface area (Å²) in [5.41, 5.74) is 2.67. The Bertz CT molecular complexity index is 528. The highest BCUT2D eigenvalue weighted by atomic mass is 16.5. The number of guanidine groups is 1. The number of nitrogens with zero attached hydrogens (tertiary/aromatic N) is 1. The van der Waals surface area contributed by atoms with Crippen molar-refractivity contribution in [1.29, 1.82) is 0 Å². The Morgan fingerprint density at radius 1 is 1.27 bits per heavy atom. The molecule has 0 unspecified atom stereocenters. The van der Waals surface area contributed by atoms with Crippen molar-refractivity contribution in [2.45, 2.75) is 39.5 Å². The van der Waals surface area contributed by atoms with Crippen molar-refractivity contribution < 1.29 is 9.47 Å². The van der Waals surface area contributed by atoms with Crippen molar-refractivity contribution in [3.05, 3.63) is 35.4 Å². The van der Waals surface area contributed by atoms with Gasteiger partial charge in [0.2, 0.25) is 0 Å². The number of hydrogen-bond donors (Lipinski definition) is 2. The van der Waals surface area contributed by atoms with E-state index in [1.165, 1.54) is 11.1 Å². The third-order valence-electron chi connectivity index (χ3n) is 4.54. The number of rotatable bonds is 10. The Labute approximate surface area is 158 Å². The maximum absolute atomic E-state index is 5.80. The molecule has 1 heterocycles. The molecule has 0 radical (unpaired) electrons. The van der Waals surface area contributed by atoms with E-state index in [0.29, 0.717) is 5.92 Å². The number of ether oxygens (including phenoxy) is 2. The summed E-state index contributed by atoms with van der Waals surface area (Å²) >= 11 is 0. The van der Waals surface area contributed by atoms with Crippen LogP contribution in [0.3, 0.4) is 0 Å². The minimum absolute atomic E-state index is 0.674. The second-order valence-electron chi connectivity index (χ2n) is 6.91. The SMILES string of the molecule is CCNC(=NCCCOCC1CCOCC1)NCCc1cccc(C)c1. The fourth-order valence-corrected chi connectivity index (χ4v) is 3.06. The summed E-state index contributed by atoms with van der Waals surface area (Å²) in [4.78, 5) is 4.64. The van der Waals surface area contributed by atoms with Crippen LogP contribution in [-0.2, 0) is 15.9 Å². The molecule has 2 N–H and O–H groups in total. The molecule has 146 valence electrons. The standard InChI is InChI=1S/C21H35N3O2/c1-3-22-21(24-12-8-19-7-4-6-18(2)16-19)23-11-5-13-26-17-20-9-14-25-15-10-20/h4,6-7,16,20H,3,5,8-15,17H2,1-2H3,(H2,22,23,24). The highest BCUT2D eigenvalue weighted by molar-refractivity contribution is 5.79. The van der Waals surface area contributed by atoms with Gasteiger partial charge in [-0.1, -0.05) is 29.8 Å². The Morgan fingerprint density at radius 2 is 2.12 bits per heavy atom. The van der Waals surface area contributed by atoms with Crippen molar-refractivity contribution in [2.24, 2.45) is 10.9 Å². The molecule has 0 bridgehead atoms. The van der Waals surface area contributed by atoms with E-state index < -0.39 is 0 Å². The number of aliphatic imine (C=N–C) groups is 1. The molecule has 1 aliphatic rings. The van der Waals surface area contributed by atoms with Crippen molar-refractivity contribution in [2.75, 3.05) is 46.1 Å². The molecule has 0 spiro atoms. The van der Waals surface area contributed by atoms with Crippen molar-refractivity contribution in [3.8, 4) is 0 Å². The smallest absolute Gasteiger partial charge is 0.191 e. The zero-order valence-corrected chi connectivity index (χ0v) is 16.4. The van der Waals surface area contributed by atoms with E-state index in [2.05, 4.69) is 53.7 Å². The molecule has 0 amide bonds. The Balaban J connectivity index is 1.59. The van der Waals surface area contributed by atoms with E-state index in [9.17, 15) is 0 Å². The lowest BCUT2D eigenvalue weighted by atomic mass is 10.0. The summed E-state index contributed by atoms with van der Waals surface area (Å²) in [5, 5.41) is 6.72. The minimum atomic E-state index is 0.674. The molecule has 1 fully saturated rings. The van der Waals surface area contributed by atoms with E-state index in [1.807, 2.05) is 0 Å². The zero-order chi connectivity index (χ0) is 18.5. The van der Waals surface area contributed by atoms with Gasteiger partial charge in [0.25, 0.3) is 0 Å². The number of nitrogens with one attached hydrogen (secondary N) is 2. The highest BCUT2D eigenvalue weighted by Gasteiger charge is 2.13. The molecule has 2 rings (SSSR count). The van der Waals surface area contributed by atoms with Crippen LogP contribution in [-0.4, -0.2) is 52.0 Å². The first-order valence-electron chi connectivity index (χ1n) is 10.0. The maximum atomic E-state index is 5.80. The zero-order valence-electron chi connectivity index (χ0n) is 16.4. The molecule has 1 saturated heterocycles. The molecule has 0 atom stereocenters. The number of aryl methyl sites for hydroxylation is 1. The van der Waals surface area contributed by atoms with E-state index in [-0.39, 0.29) is 0 Å². The molecule has 5 nitrogen and oxygen atoms in total. The summed E-state index contributed by atoms with van der Waals surface area (Å²) < 4.78 is 11.2. The molecule has 1 aromatic rings. The molecule has 1 aliphatic heterocycles. The molecule has 1 aromatic carbocycles. The first-order chi connectivity index (χ1) is 12.8. The van der Waals surface area contributed by atoms with E-state index >= 15 is 0 Å². The lowest BCUT2D eigenvalue weighted by molar-refractivity contribution is 0.0205. The fourth-order valence-electron chi connectivity index (χ4n) is 3.06. The van der Waals surface area contributed by atoms with E-state index in [1.54, 1.807) is 0 Å². The Morgan fingerprint density at radius 3 is 2.88 bits per heavy atom. The first-order valence-corrected chi connectivity index (χ1v) is 10.0. The Hall–Kier alpha value is -1.59. The van der Waals surface area contributed by atoms with Crippen LogP contribution in [0.5, 0.6) is 0 Å². The molecule has 0 saturated carbocycles. The van der Waals surface area contributed by atoms with Gasteiger partial charge in [0.15, 0.2) is 5.96 Å². The lowest BCUT2D eigenvalue weighted by Gasteiger charge is -2.21. The van der Waals surface area contributed by atoms with Gasteiger partial charge in [-0.3, -0.25) is 4.99 Å². The largest absolute Gasteiger partial charge is 0.381 e. The van der Waals surface area contributed by atoms with Crippen LogP contribution in [0.25, 0.3) is 0 Å². The summed E-state index contributed by atoms with van der Waals surface area (Å²) in [6.45, 7) is 10.2. The third-order valence-corrected chi connectivity index (χ3v) is 4.54. The topological polar surface area (TPSA) is 54.9 Å². The number of benzene rings is 1. The van der Waals surface area contributed by atoms with Crippen molar-refractivity contribution in [3.63, 3.8) is 0 Å². The summed E-state index contributed by atoms with van der Waals surface area (Å²) in [7, 11) is 0. The van der Waals surface area contributed by atoms with Gasteiger partial charge in [0.05, 0.1) is 0 Å². The van der Waals surface area contributed by atoms with Gasteiger partial charge in [-0.2, -0.15) is 0 Å². The van der Waals surface area contributed by atoms with Crippen LogP contribution in [0.1, 0.15) is 37.3 Å². The Kier molecular flexibility index (Phi) is 10.1. The average molecular weight is 362 g/mol. The lowest BCUT2D eigenvalue weighted by Crippen LogP contribution is -2.38. The quantitative estimate of drug-likeness (QED) is 0.382. The van der Waals surface area contributed by atoms with Crippen molar-refractivity contribution in [1.82, 2.24) is 10.6 Å². The van der Waals surface area contributed by atoms with Gasteiger partial charge in [-0.25, -0.2) is 0 Å². The van der Waals surface area contributed by atoms with Gasteiger partial charge in [-0.15, -0.1) is 0 Å². The van der Waals surface area contributed by atoms with Crippen LogP contribution in [0, 0.1) is 12.8 Å². The molecule has 5 heteroatoms. The molecular formula is C21H35N3O2. The monoisotopic (exact) mass is 361 g/mol. The van der Waals surface area contributed by atoms with Gasteiger partial charge in [0, 0.05) is 46.1 Å². The second-order valence-corrected chi connectivity index (χ2v) is 6.91. The first kappa shape index (κ1) is 20.7. The third kappa shape index (κ3) is 8.68. The van der Waals surface area contributed by atoms with Gasteiger partial charge in [-0.05, 0) is 51.0 Å².